The Labute approximate surface area is 170 Å². The summed E-state index contributed by atoms with van der Waals surface area (Å²) in [5.74, 6) is 0.0153. The zero-order chi connectivity index (χ0) is 21.3. The lowest BCUT2D eigenvalue weighted by Crippen LogP contribution is -2.46. The Morgan fingerprint density at radius 1 is 0.931 bits per heavy atom. The highest BCUT2D eigenvalue weighted by atomic mass is 31.2. The molecule has 0 radical (unpaired) electrons. The van der Waals surface area contributed by atoms with Gasteiger partial charge in [0.1, 0.15) is 17.5 Å². The molecule has 9 heteroatoms. The first-order valence-corrected chi connectivity index (χ1v) is 10.6. The summed E-state index contributed by atoms with van der Waals surface area (Å²) < 4.78 is 28.9. The molecule has 2 rings (SSSR count). The van der Waals surface area contributed by atoms with Gasteiger partial charge in [-0.15, -0.1) is 0 Å². The monoisotopic (exact) mass is 420 g/mol. The zero-order valence-electron chi connectivity index (χ0n) is 16.5. The summed E-state index contributed by atoms with van der Waals surface area (Å²) in [6.07, 6.45) is 0.351. The van der Waals surface area contributed by atoms with Crippen LogP contribution in [0.1, 0.15) is 20.3 Å². The second-order valence-corrected chi connectivity index (χ2v) is 8.18. The van der Waals surface area contributed by atoms with E-state index in [-0.39, 0.29) is 17.4 Å². The molecule has 2 aromatic rings. The average Bonchev–Trinajstić information content (AvgIpc) is 2.67. The van der Waals surface area contributed by atoms with Crippen LogP contribution in [-0.2, 0) is 14.1 Å². The van der Waals surface area contributed by atoms with Crippen LogP contribution in [0.25, 0.3) is 0 Å². The Morgan fingerprint density at radius 3 is 1.83 bits per heavy atom. The Kier molecular flexibility index (Phi) is 8.09. The predicted molar refractivity (Wildman–Crippen MR) is 109 cm³/mol. The molecule has 0 heterocycles. The summed E-state index contributed by atoms with van der Waals surface area (Å²) in [6, 6.07) is 14.8. The summed E-state index contributed by atoms with van der Waals surface area (Å²) in [4.78, 5) is 24.4. The number of ether oxygens (including phenoxy) is 1. The smallest absolute Gasteiger partial charge is 0.467 e. The van der Waals surface area contributed by atoms with Gasteiger partial charge in [0.15, 0.2) is 0 Å². The molecular weight excluding hydrogens is 395 g/mol. The average molecular weight is 420 g/mol. The number of methoxy groups -OCH3 is 1. The first kappa shape index (κ1) is 22.3. The van der Waals surface area contributed by atoms with Crippen molar-refractivity contribution in [3.63, 3.8) is 0 Å². The van der Waals surface area contributed by atoms with Gasteiger partial charge in [0.05, 0.1) is 7.11 Å². The van der Waals surface area contributed by atoms with E-state index in [0.717, 1.165) is 0 Å². The van der Waals surface area contributed by atoms with E-state index in [4.69, 9.17) is 13.8 Å². The lowest BCUT2D eigenvalue weighted by molar-refractivity contribution is -0.143. The fraction of sp³-hybridized carbons (Fsp3) is 0.300. The number of hydrogen-bond acceptors (Lipinski definition) is 6. The van der Waals surface area contributed by atoms with Crippen LogP contribution < -0.4 is 19.5 Å². The minimum atomic E-state index is -4.16. The van der Waals surface area contributed by atoms with Crippen molar-refractivity contribution in [1.82, 2.24) is 10.4 Å². The first-order valence-electron chi connectivity index (χ1n) is 9.07. The van der Waals surface area contributed by atoms with Crippen molar-refractivity contribution in [1.29, 1.82) is 0 Å². The molecule has 0 aliphatic heterocycles. The summed E-state index contributed by atoms with van der Waals surface area (Å²) in [6.45, 7) is 3.80. The van der Waals surface area contributed by atoms with Gasteiger partial charge in [-0.1, -0.05) is 50.2 Å². The predicted octanol–water partition coefficient (Wildman–Crippen LogP) is 4.14. The highest BCUT2D eigenvalue weighted by Crippen LogP contribution is 2.44. The molecule has 0 spiro atoms. The molecule has 0 saturated carbocycles. The van der Waals surface area contributed by atoms with Gasteiger partial charge in [0.2, 0.25) is 0 Å². The molecule has 2 N–H and O–H groups in total. The van der Waals surface area contributed by atoms with Gasteiger partial charge in [-0.3, -0.25) is 0 Å². The first-order chi connectivity index (χ1) is 13.8. The van der Waals surface area contributed by atoms with Crippen LogP contribution in [0.4, 0.5) is 4.79 Å². The highest BCUT2D eigenvalue weighted by molar-refractivity contribution is 7.53. The van der Waals surface area contributed by atoms with Gasteiger partial charge in [0, 0.05) is 0 Å². The Hall–Kier alpha value is -2.99. The van der Waals surface area contributed by atoms with Gasteiger partial charge < -0.3 is 19.1 Å². The number of para-hydroxylation sites is 2. The fourth-order valence-corrected chi connectivity index (χ4v) is 3.69. The maximum Gasteiger partial charge on any atom is 0.545 e. The van der Waals surface area contributed by atoms with E-state index in [2.05, 4.69) is 10.4 Å². The molecule has 29 heavy (non-hydrogen) atoms. The molecule has 0 aromatic heterocycles. The lowest BCUT2D eigenvalue weighted by Gasteiger charge is -2.22. The molecular formula is C20H25N2O6P. The number of rotatable bonds is 9. The molecule has 0 unspecified atom stereocenters. The van der Waals surface area contributed by atoms with Gasteiger partial charge in [-0.25, -0.2) is 19.2 Å². The summed E-state index contributed by atoms with van der Waals surface area (Å²) >= 11 is 0. The van der Waals surface area contributed by atoms with Crippen LogP contribution in [0.2, 0.25) is 0 Å². The second kappa shape index (κ2) is 10.5. The van der Waals surface area contributed by atoms with E-state index >= 15 is 0 Å². The maximum atomic E-state index is 13.3. The van der Waals surface area contributed by atoms with Crippen LogP contribution in [0.15, 0.2) is 60.7 Å². The van der Waals surface area contributed by atoms with Gasteiger partial charge >= 0.3 is 19.7 Å². The Bertz CT molecular complexity index is 799. The molecule has 2 amide bonds. The Morgan fingerprint density at radius 2 is 1.41 bits per heavy atom. The van der Waals surface area contributed by atoms with Crippen molar-refractivity contribution in [3.05, 3.63) is 60.7 Å². The molecule has 1 atom stereocenters. The van der Waals surface area contributed by atoms with E-state index in [1.54, 1.807) is 60.7 Å². The normalized spacial score (nSPS) is 12.0. The zero-order valence-corrected chi connectivity index (χ0v) is 17.4. The number of esters is 1. The van der Waals surface area contributed by atoms with Gasteiger partial charge in [-0.2, -0.15) is 0 Å². The van der Waals surface area contributed by atoms with Crippen LogP contribution in [-0.4, -0.2) is 25.2 Å². The van der Waals surface area contributed by atoms with Crippen LogP contribution in [0.3, 0.4) is 0 Å². The third-order valence-corrected chi connectivity index (χ3v) is 5.05. The van der Waals surface area contributed by atoms with Crippen LogP contribution in [0.5, 0.6) is 11.5 Å². The molecule has 8 nitrogen and oxygen atoms in total. The number of carbonyl (C=O) groups is 2. The van der Waals surface area contributed by atoms with Crippen molar-refractivity contribution < 1.29 is 27.9 Å². The summed E-state index contributed by atoms with van der Waals surface area (Å²) in [5.41, 5.74) is 0. The molecule has 156 valence electrons. The Balaban J connectivity index is 2.18. The summed E-state index contributed by atoms with van der Waals surface area (Å²) in [5, 5.41) is 4.70. The maximum absolute atomic E-state index is 13.3. The quantitative estimate of drug-likeness (QED) is 0.467. The molecule has 0 saturated heterocycles. The van der Waals surface area contributed by atoms with E-state index in [1.807, 2.05) is 13.8 Å². The van der Waals surface area contributed by atoms with Gasteiger partial charge in [0.25, 0.3) is 0 Å². The van der Waals surface area contributed by atoms with Crippen molar-refractivity contribution in [2.75, 3.05) is 7.11 Å². The largest absolute Gasteiger partial charge is 0.545 e. The third kappa shape index (κ3) is 7.50. The number of carbonyl (C=O) groups excluding carboxylic acids is 2. The third-order valence-electron chi connectivity index (χ3n) is 3.67. The van der Waals surface area contributed by atoms with Crippen molar-refractivity contribution >= 4 is 19.7 Å². The number of nitrogens with one attached hydrogen (secondary N) is 2. The van der Waals surface area contributed by atoms with Crippen molar-refractivity contribution in [2.24, 2.45) is 5.92 Å². The topological polar surface area (TPSA) is 103 Å². The number of amides is 2. The van der Waals surface area contributed by atoms with Crippen LogP contribution >= 0.6 is 7.75 Å². The number of hydrogen-bond donors (Lipinski definition) is 2. The number of benzene rings is 2. The fourth-order valence-electron chi connectivity index (χ4n) is 2.45. The molecule has 0 aliphatic rings. The van der Waals surface area contributed by atoms with Crippen molar-refractivity contribution in [3.8, 4) is 11.5 Å². The van der Waals surface area contributed by atoms with E-state index in [9.17, 15) is 14.2 Å². The molecule has 0 aliphatic carbocycles. The van der Waals surface area contributed by atoms with E-state index in [0.29, 0.717) is 6.42 Å². The number of urea groups is 1. The minimum absolute atomic E-state index is 0.118. The molecule has 2 aromatic carbocycles. The summed E-state index contributed by atoms with van der Waals surface area (Å²) in [7, 11) is -2.93. The van der Waals surface area contributed by atoms with Crippen molar-refractivity contribution in [2.45, 2.75) is 26.3 Å². The van der Waals surface area contributed by atoms with E-state index in [1.165, 1.54) is 7.11 Å². The lowest BCUT2D eigenvalue weighted by atomic mass is 10.0. The second-order valence-electron chi connectivity index (χ2n) is 6.60. The minimum Gasteiger partial charge on any atom is -0.467 e. The highest BCUT2D eigenvalue weighted by Gasteiger charge is 2.33. The van der Waals surface area contributed by atoms with E-state index < -0.39 is 25.8 Å². The SMILES string of the molecule is COC(=O)[C@H](CC(C)C)NC(=O)NP(=O)(Oc1ccccc1)Oc1ccccc1. The molecule has 0 fully saturated rings. The standard InChI is InChI=1S/C20H25N2O6P/c1-15(2)14-18(19(23)26-3)21-20(24)22-29(25,27-16-10-6-4-7-11-16)28-17-12-8-5-9-13-17/h4-13,15,18H,14H2,1-3H3,(H2,21,22,24,25)/t18-/m0/s1. The van der Waals surface area contributed by atoms with Crippen LogP contribution in [0, 0.1) is 5.92 Å². The van der Waals surface area contributed by atoms with Gasteiger partial charge in [-0.05, 0) is 36.6 Å². The molecule has 0 bridgehead atoms.